The lowest BCUT2D eigenvalue weighted by Crippen LogP contribution is -2.59. The fourth-order valence-corrected chi connectivity index (χ4v) is 4.41. The lowest BCUT2D eigenvalue weighted by molar-refractivity contribution is -0.121. The zero-order valence-electron chi connectivity index (χ0n) is 17.6. The molecule has 0 spiro atoms. The smallest absolute Gasteiger partial charge is 0.228 e. The summed E-state index contributed by atoms with van der Waals surface area (Å²) in [5.41, 5.74) is 4.08. The summed E-state index contributed by atoms with van der Waals surface area (Å²) in [5, 5.41) is 7.17. The topological polar surface area (TPSA) is 118 Å². The number of hydrogen-bond donors (Lipinski definition) is 3. The van der Waals surface area contributed by atoms with Gasteiger partial charge in [-0.1, -0.05) is 6.07 Å². The van der Waals surface area contributed by atoms with Crippen LogP contribution in [-0.4, -0.2) is 49.5 Å². The van der Waals surface area contributed by atoms with Crippen LogP contribution in [0, 0.1) is 0 Å². The second-order valence-electron chi connectivity index (χ2n) is 8.23. The van der Waals surface area contributed by atoms with Gasteiger partial charge in [0.1, 0.15) is 5.65 Å². The van der Waals surface area contributed by atoms with E-state index in [1.807, 2.05) is 31.3 Å². The van der Waals surface area contributed by atoms with Crippen molar-refractivity contribution in [3.05, 3.63) is 36.8 Å². The minimum atomic E-state index is -0.184. The van der Waals surface area contributed by atoms with Gasteiger partial charge in [-0.15, -0.1) is 0 Å². The Morgan fingerprint density at radius 3 is 2.71 bits per heavy atom. The molecule has 9 heteroatoms. The first-order valence-electron chi connectivity index (χ1n) is 10.1. The number of ether oxygens (including phenoxy) is 1. The molecule has 0 aliphatic heterocycles. The predicted molar refractivity (Wildman–Crippen MR) is 118 cm³/mol. The third kappa shape index (κ3) is 3.52. The Balaban J connectivity index is 1.45. The van der Waals surface area contributed by atoms with Gasteiger partial charge in [0.2, 0.25) is 17.7 Å². The molecule has 0 bridgehead atoms. The molecule has 158 valence electrons. The summed E-state index contributed by atoms with van der Waals surface area (Å²) in [6.07, 6.45) is 6.88. The number of hydrogen-bond acceptors (Lipinski definition) is 7. The molecule has 1 fully saturated rings. The molecule has 3 heterocycles. The number of methoxy groups -OCH3 is 1. The first-order valence-corrected chi connectivity index (χ1v) is 10.1. The van der Waals surface area contributed by atoms with Crippen LogP contribution in [0.4, 0.5) is 5.95 Å². The molecule has 3 N–H and O–H groups in total. The minimum absolute atomic E-state index is 0.0149. The second-order valence-corrected chi connectivity index (χ2v) is 8.23. The van der Waals surface area contributed by atoms with Crippen LogP contribution in [-0.2, 0) is 4.79 Å². The quantitative estimate of drug-likeness (QED) is 0.457. The van der Waals surface area contributed by atoms with Gasteiger partial charge in [0.05, 0.1) is 23.5 Å². The Kier molecular flexibility index (Phi) is 4.46. The van der Waals surface area contributed by atoms with E-state index in [0.29, 0.717) is 17.5 Å². The third-order valence-electron chi connectivity index (χ3n) is 5.68. The summed E-state index contributed by atoms with van der Waals surface area (Å²) in [4.78, 5) is 32.6. The fraction of sp³-hybridized carbons (Fsp3) is 0.318. The highest BCUT2D eigenvalue weighted by molar-refractivity contribution is 5.99. The van der Waals surface area contributed by atoms with Gasteiger partial charge in [-0.05, 0) is 37.5 Å². The van der Waals surface area contributed by atoms with E-state index in [2.05, 4.69) is 35.6 Å². The second kappa shape index (κ2) is 7.19. The van der Waals surface area contributed by atoms with Crippen molar-refractivity contribution in [1.29, 1.82) is 0 Å². The van der Waals surface area contributed by atoms with Crippen LogP contribution in [0.2, 0.25) is 0 Å². The Morgan fingerprint density at radius 2 is 1.97 bits per heavy atom. The van der Waals surface area contributed by atoms with E-state index in [1.165, 1.54) is 0 Å². The van der Waals surface area contributed by atoms with Crippen LogP contribution in [0.1, 0.15) is 26.7 Å². The number of rotatable bonds is 5. The van der Waals surface area contributed by atoms with Crippen LogP contribution < -0.4 is 15.4 Å². The number of amides is 1. The molecular formula is C22H23N7O2. The first-order chi connectivity index (χ1) is 14.9. The van der Waals surface area contributed by atoms with Crippen LogP contribution >= 0.6 is 0 Å². The van der Waals surface area contributed by atoms with Gasteiger partial charge in [0.25, 0.3) is 0 Å². The van der Waals surface area contributed by atoms with E-state index in [0.717, 1.165) is 40.4 Å². The number of aromatic nitrogens is 5. The standard InChI is InChI=1S/C22H23N7O2/c1-12(30)29-22(2)9-14(10-22)26-21-27-19-18(20(28-21)31-3)15(11-25-19)13-4-5-16-17(8-13)24-7-6-23-16/h4-8,11,14H,9-10H2,1-3H3,(H,29,30)(H2,25,26,27,28). The number of nitrogens with zero attached hydrogens (tertiary/aromatic N) is 4. The van der Waals surface area contributed by atoms with Crippen molar-refractivity contribution >= 4 is 33.9 Å². The Bertz CT molecular complexity index is 1290. The van der Waals surface area contributed by atoms with Gasteiger partial charge in [0.15, 0.2) is 0 Å². The normalized spacial score (nSPS) is 20.4. The predicted octanol–water partition coefficient (Wildman–Crippen LogP) is 3.05. The summed E-state index contributed by atoms with van der Waals surface area (Å²) in [7, 11) is 1.60. The zero-order valence-corrected chi connectivity index (χ0v) is 17.6. The van der Waals surface area contributed by atoms with Gasteiger partial charge in [-0.3, -0.25) is 14.8 Å². The zero-order chi connectivity index (χ0) is 21.6. The average molecular weight is 417 g/mol. The van der Waals surface area contributed by atoms with Gasteiger partial charge in [-0.2, -0.15) is 9.97 Å². The van der Waals surface area contributed by atoms with Crippen molar-refractivity contribution in [2.75, 3.05) is 12.4 Å². The summed E-state index contributed by atoms with van der Waals surface area (Å²) in [5.74, 6) is 0.975. The maximum atomic E-state index is 11.4. The summed E-state index contributed by atoms with van der Waals surface area (Å²) >= 11 is 0. The molecular weight excluding hydrogens is 394 g/mol. The number of aromatic amines is 1. The molecule has 0 atom stereocenters. The molecule has 5 rings (SSSR count). The maximum absolute atomic E-state index is 11.4. The summed E-state index contributed by atoms with van der Waals surface area (Å²) in [6.45, 7) is 3.58. The largest absolute Gasteiger partial charge is 0.480 e. The van der Waals surface area contributed by atoms with Crippen molar-refractivity contribution in [2.24, 2.45) is 0 Å². The molecule has 0 radical (unpaired) electrons. The van der Waals surface area contributed by atoms with E-state index >= 15 is 0 Å². The van der Waals surface area contributed by atoms with Crippen LogP contribution in [0.15, 0.2) is 36.8 Å². The number of carbonyl (C=O) groups excluding carboxylic acids is 1. The number of H-pyrrole nitrogens is 1. The van der Waals surface area contributed by atoms with Crippen molar-refractivity contribution in [1.82, 2.24) is 30.2 Å². The Labute approximate surface area is 178 Å². The molecule has 0 saturated heterocycles. The molecule has 9 nitrogen and oxygen atoms in total. The van der Waals surface area contributed by atoms with Crippen LogP contribution in [0.25, 0.3) is 33.2 Å². The van der Waals surface area contributed by atoms with E-state index in [9.17, 15) is 4.79 Å². The Morgan fingerprint density at radius 1 is 1.19 bits per heavy atom. The average Bonchev–Trinajstić information content (AvgIpc) is 3.15. The van der Waals surface area contributed by atoms with Crippen LogP contribution in [0.5, 0.6) is 5.88 Å². The molecule has 1 aromatic carbocycles. The lowest BCUT2D eigenvalue weighted by atomic mass is 9.74. The van der Waals surface area contributed by atoms with Crippen molar-refractivity contribution < 1.29 is 9.53 Å². The maximum Gasteiger partial charge on any atom is 0.228 e. The summed E-state index contributed by atoms with van der Waals surface area (Å²) in [6, 6.07) is 6.13. The number of anilines is 1. The molecule has 4 aromatic rings. The highest BCUT2D eigenvalue weighted by Crippen LogP contribution is 2.37. The molecule has 1 aliphatic carbocycles. The molecule has 3 aromatic heterocycles. The number of benzene rings is 1. The highest BCUT2D eigenvalue weighted by atomic mass is 16.5. The van der Waals surface area contributed by atoms with E-state index < -0.39 is 0 Å². The van der Waals surface area contributed by atoms with Gasteiger partial charge in [0, 0.05) is 42.7 Å². The van der Waals surface area contributed by atoms with E-state index in [4.69, 9.17) is 4.74 Å². The molecule has 1 amide bonds. The fourth-order valence-electron chi connectivity index (χ4n) is 4.41. The van der Waals surface area contributed by atoms with Crippen molar-refractivity contribution in [3.63, 3.8) is 0 Å². The van der Waals surface area contributed by atoms with Crippen molar-refractivity contribution in [2.45, 2.75) is 38.3 Å². The Hall–Kier alpha value is -3.75. The SMILES string of the molecule is COc1nc(NC2CC(C)(NC(C)=O)C2)nc2[nH]cc(-c3ccc4nccnc4c3)c12. The van der Waals surface area contributed by atoms with Gasteiger partial charge in [-0.25, -0.2) is 0 Å². The number of carbonyl (C=O) groups is 1. The van der Waals surface area contributed by atoms with E-state index in [1.54, 1.807) is 26.4 Å². The monoisotopic (exact) mass is 417 g/mol. The number of nitrogens with one attached hydrogen (secondary N) is 3. The van der Waals surface area contributed by atoms with Crippen LogP contribution in [0.3, 0.4) is 0 Å². The summed E-state index contributed by atoms with van der Waals surface area (Å²) < 4.78 is 5.61. The molecule has 1 saturated carbocycles. The first kappa shape index (κ1) is 19.2. The lowest BCUT2D eigenvalue weighted by Gasteiger charge is -2.45. The van der Waals surface area contributed by atoms with Gasteiger partial charge >= 0.3 is 0 Å². The molecule has 1 aliphatic rings. The molecule has 0 unspecified atom stereocenters. The van der Waals surface area contributed by atoms with Crippen molar-refractivity contribution in [3.8, 4) is 17.0 Å². The molecule has 31 heavy (non-hydrogen) atoms. The highest BCUT2D eigenvalue weighted by Gasteiger charge is 2.41. The minimum Gasteiger partial charge on any atom is -0.480 e. The number of fused-ring (bicyclic) bond motifs is 2. The third-order valence-corrected chi connectivity index (χ3v) is 5.68. The van der Waals surface area contributed by atoms with E-state index in [-0.39, 0.29) is 17.5 Å². The van der Waals surface area contributed by atoms with Gasteiger partial charge < -0.3 is 20.4 Å².